The molecule has 1 aliphatic rings. The molecule has 8 heteroatoms. The van der Waals surface area contributed by atoms with Crippen molar-refractivity contribution in [1.29, 1.82) is 0 Å². The summed E-state index contributed by atoms with van der Waals surface area (Å²) in [4.78, 5) is 14.8. The molecule has 0 N–H and O–H groups in total. The molecule has 0 unspecified atom stereocenters. The number of anilines is 1. The predicted molar refractivity (Wildman–Crippen MR) is 108 cm³/mol. The van der Waals surface area contributed by atoms with E-state index in [4.69, 9.17) is 23.2 Å². The molecule has 0 radical (unpaired) electrons. The molecule has 0 aromatic heterocycles. The highest BCUT2D eigenvalue weighted by Crippen LogP contribution is 2.34. The van der Waals surface area contributed by atoms with E-state index in [0.717, 1.165) is 5.56 Å². The molecule has 0 aliphatic carbocycles. The van der Waals surface area contributed by atoms with Gasteiger partial charge in [-0.15, -0.1) is 0 Å². The lowest BCUT2D eigenvalue weighted by Crippen LogP contribution is -2.31. The molecule has 0 saturated heterocycles. The summed E-state index contributed by atoms with van der Waals surface area (Å²) in [6.45, 7) is 4.90. The van der Waals surface area contributed by atoms with Crippen molar-refractivity contribution in [3.05, 3.63) is 57.6 Å². The minimum absolute atomic E-state index is 0.221. The summed E-state index contributed by atoms with van der Waals surface area (Å²) in [5.74, 6) is -0.249. The number of hydrogen-bond acceptors (Lipinski definition) is 3. The first-order chi connectivity index (χ1) is 12.8. The Morgan fingerprint density at radius 2 is 1.85 bits per heavy atom. The highest BCUT2D eigenvalue weighted by molar-refractivity contribution is 7.89. The van der Waals surface area contributed by atoms with Crippen molar-refractivity contribution in [1.82, 2.24) is 4.31 Å². The fourth-order valence-electron chi connectivity index (χ4n) is 3.28. The second-order valence-corrected chi connectivity index (χ2v) is 8.91. The number of carbonyl (C=O) groups excluding carboxylic acids is 1. The van der Waals surface area contributed by atoms with Crippen LogP contribution in [0, 0.1) is 0 Å². The van der Waals surface area contributed by atoms with Crippen LogP contribution in [0.1, 0.15) is 29.8 Å². The lowest BCUT2D eigenvalue weighted by Gasteiger charge is -2.20. The molecule has 0 atom stereocenters. The summed E-state index contributed by atoms with van der Waals surface area (Å²) >= 11 is 12.2. The second kappa shape index (κ2) is 7.80. The van der Waals surface area contributed by atoms with Crippen LogP contribution in [0.3, 0.4) is 0 Å². The zero-order valence-electron chi connectivity index (χ0n) is 15.1. The number of sulfonamides is 1. The van der Waals surface area contributed by atoms with Crippen LogP contribution in [-0.2, 0) is 16.4 Å². The van der Waals surface area contributed by atoms with Gasteiger partial charge in [-0.25, -0.2) is 8.42 Å². The van der Waals surface area contributed by atoms with Gasteiger partial charge in [-0.05, 0) is 42.3 Å². The first kappa shape index (κ1) is 20.1. The van der Waals surface area contributed by atoms with Crippen molar-refractivity contribution in [2.45, 2.75) is 25.2 Å². The third kappa shape index (κ3) is 3.59. The van der Waals surface area contributed by atoms with Gasteiger partial charge in [0, 0.05) is 25.3 Å². The van der Waals surface area contributed by atoms with Crippen LogP contribution in [-0.4, -0.2) is 38.3 Å². The van der Waals surface area contributed by atoms with Crippen molar-refractivity contribution in [3.8, 4) is 0 Å². The number of benzene rings is 2. The standard InChI is InChI=1S/C19H20Cl2N2O3S/c1-3-22(4-2)27(25,26)14-8-9-17-13(12-14)10-11-23(17)19(24)15-6-5-7-16(20)18(15)21/h5-9,12H,3-4,10-11H2,1-2H3. The van der Waals surface area contributed by atoms with E-state index < -0.39 is 10.0 Å². The van der Waals surface area contributed by atoms with Crippen LogP contribution in [0.5, 0.6) is 0 Å². The molecule has 1 aliphatic heterocycles. The van der Waals surface area contributed by atoms with Gasteiger partial charge in [-0.2, -0.15) is 4.31 Å². The molecule has 0 fully saturated rings. The third-order valence-electron chi connectivity index (χ3n) is 4.72. The van der Waals surface area contributed by atoms with Gasteiger partial charge in [-0.1, -0.05) is 43.1 Å². The zero-order valence-corrected chi connectivity index (χ0v) is 17.4. The summed E-state index contributed by atoms with van der Waals surface area (Å²) in [6, 6.07) is 9.84. The Morgan fingerprint density at radius 3 is 2.52 bits per heavy atom. The number of rotatable bonds is 5. The Morgan fingerprint density at radius 1 is 1.15 bits per heavy atom. The van der Waals surface area contributed by atoms with Gasteiger partial charge in [0.25, 0.3) is 5.91 Å². The molecule has 0 spiro atoms. The average molecular weight is 427 g/mol. The minimum atomic E-state index is -3.53. The first-order valence-electron chi connectivity index (χ1n) is 8.70. The van der Waals surface area contributed by atoms with Crippen LogP contribution in [0.4, 0.5) is 5.69 Å². The van der Waals surface area contributed by atoms with Gasteiger partial charge in [0.05, 0.1) is 20.5 Å². The summed E-state index contributed by atoms with van der Waals surface area (Å²) in [5, 5.41) is 0.543. The summed E-state index contributed by atoms with van der Waals surface area (Å²) in [7, 11) is -3.53. The largest absolute Gasteiger partial charge is 0.308 e. The van der Waals surface area contributed by atoms with E-state index in [-0.39, 0.29) is 15.8 Å². The molecule has 0 saturated carbocycles. The van der Waals surface area contributed by atoms with Gasteiger partial charge in [-0.3, -0.25) is 4.79 Å². The van der Waals surface area contributed by atoms with E-state index >= 15 is 0 Å². The van der Waals surface area contributed by atoms with Crippen molar-refractivity contribution in [2.24, 2.45) is 0 Å². The van der Waals surface area contributed by atoms with Gasteiger partial charge < -0.3 is 4.90 Å². The number of amides is 1. The van der Waals surface area contributed by atoms with E-state index in [2.05, 4.69) is 0 Å². The van der Waals surface area contributed by atoms with E-state index in [1.165, 1.54) is 4.31 Å². The molecule has 0 bridgehead atoms. The number of nitrogens with zero attached hydrogens (tertiary/aromatic N) is 2. The quantitative estimate of drug-likeness (QED) is 0.718. The van der Waals surface area contributed by atoms with Crippen LogP contribution >= 0.6 is 23.2 Å². The Bertz CT molecular complexity index is 988. The van der Waals surface area contributed by atoms with E-state index in [1.807, 2.05) is 13.8 Å². The maximum atomic E-state index is 12.9. The summed E-state index contributed by atoms with van der Waals surface area (Å²) in [5.41, 5.74) is 1.86. The predicted octanol–water partition coefficient (Wildman–Crippen LogP) is 4.23. The van der Waals surface area contributed by atoms with Crippen LogP contribution < -0.4 is 4.90 Å². The fourth-order valence-corrected chi connectivity index (χ4v) is 5.17. The average Bonchev–Trinajstić information content (AvgIpc) is 3.07. The van der Waals surface area contributed by atoms with Gasteiger partial charge >= 0.3 is 0 Å². The summed E-state index contributed by atoms with van der Waals surface area (Å²) < 4.78 is 26.9. The van der Waals surface area contributed by atoms with E-state index in [9.17, 15) is 13.2 Å². The summed E-state index contributed by atoms with van der Waals surface area (Å²) in [6.07, 6.45) is 0.584. The van der Waals surface area contributed by atoms with Crippen molar-refractivity contribution in [2.75, 3.05) is 24.5 Å². The van der Waals surface area contributed by atoms with Gasteiger partial charge in [0.15, 0.2) is 0 Å². The lowest BCUT2D eigenvalue weighted by atomic mass is 10.1. The van der Waals surface area contributed by atoms with E-state index in [0.29, 0.717) is 42.3 Å². The van der Waals surface area contributed by atoms with Crippen molar-refractivity contribution < 1.29 is 13.2 Å². The van der Waals surface area contributed by atoms with Gasteiger partial charge in [0.2, 0.25) is 10.0 Å². The van der Waals surface area contributed by atoms with Crippen LogP contribution in [0.25, 0.3) is 0 Å². The monoisotopic (exact) mass is 426 g/mol. The fraction of sp³-hybridized carbons (Fsp3) is 0.316. The smallest absolute Gasteiger partial charge is 0.259 e. The van der Waals surface area contributed by atoms with Crippen LogP contribution in [0.15, 0.2) is 41.3 Å². The maximum Gasteiger partial charge on any atom is 0.259 e. The highest BCUT2D eigenvalue weighted by atomic mass is 35.5. The van der Waals surface area contributed by atoms with Crippen molar-refractivity contribution in [3.63, 3.8) is 0 Å². The van der Waals surface area contributed by atoms with Gasteiger partial charge in [0.1, 0.15) is 0 Å². The van der Waals surface area contributed by atoms with Crippen molar-refractivity contribution >= 4 is 44.8 Å². The molecule has 1 heterocycles. The molecule has 1 amide bonds. The molecule has 144 valence electrons. The van der Waals surface area contributed by atoms with Crippen LogP contribution in [0.2, 0.25) is 10.0 Å². The molecular formula is C19H20Cl2N2O3S. The Kier molecular flexibility index (Phi) is 5.82. The number of fused-ring (bicyclic) bond motifs is 1. The molecule has 5 nitrogen and oxygen atoms in total. The Hall–Kier alpha value is -1.60. The zero-order chi connectivity index (χ0) is 19.8. The molecule has 2 aromatic rings. The SMILES string of the molecule is CCN(CC)S(=O)(=O)c1ccc2c(c1)CCN2C(=O)c1cccc(Cl)c1Cl. The maximum absolute atomic E-state index is 12.9. The normalized spacial score (nSPS) is 13.9. The molecule has 2 aromatic carbocycles. The molecule has 27 heavy (non-hydrogen) atoms. The number of carbonyl (C=O) groups is 1. The Balaban J connectivity index is 1.95. The highest BCUT2D eigenvalue weighted by Gasteiger charge is 2.30. The number of halogens is 2. The Labute approximate surface area is 169 Å². The van der Waals surface area contributed by atoms with E-state index in [1.54, 1.807) is 41.3 Å². The topological polar surface area (TPSA) is 57.7 Å². The first-order valence-corrected chi connectivity index (χ1v) is 10.9. The second-order valence-electron chi connectivity index (χ2n) is 6.19. The minimum Gasteiger partial charge on any atom is -0.308 e. The molecular weight excluding hydrogens is 407 g/mol. The number of hydrogen-bond donors (Lipinski definition) is 0. The lowest BCUT2D eigenvalue weighted by molar-refractivity contribution is 0.0989. The molecule has 3 rings (SSSR count). The third-order valence-corrected chi connectivity index (χ3v) is 7.58.